The minimum absolute atomic E-state index is 0.171. The van der Waals surface area contributed by atoms with Gasteiger partial charge >= 0.3 is 0 Å². The van der Waals surface area contributed by atoms with Crippen LogP contribution in [0, 0.1) is 0 Å². The van der Waals surface area contributed by atoms with Gasteiger partial charge in [0, 0.05) is 31.5 Å². The molecular weight excluding hydrogens is 378 g/mol. The number of nitrogens with zero attached hydrogens (tertiary/aromatic N) is 2. The summed E-state index contributed by atoms with van der Waals surface area (Å²) in [5.74, 6) is 0.742. The number of nitrogens with one attached hydrogen (secondary N) is 1. The van der Waals surface area contributed by atoms with Crippen molar-refractivity contribution in [1.29, 1.82) is 0 Å². The quantitative estimate of drug-likeness (QED) is 0.777. The van der Waals surface area contributed by atoms with Crippen LogP contribution in [-0.4, -0.2) is 45.8 Å². The third kappa shape index (κ3) is 4.44. The molecule has 0 aliphatic carbocycles. The largest absolute Gasteiger partial charge is 0.441 e. The van der Waals surface area contributed by atoms with Crippen LogP contribution in [-0.2, 0) is 16.0 Å². The summed E-state index contributed by atoms with van der Waals surface area (Å²) < 4.78 is 5.64. The summed E-state index contributed by atoms with van der Waals surface area (Å²) in [6.07, 6.45) is 2.11. The van der Waals surface area contributed by atoms with Crippen LogP contribution in [0.3, 0.4) is 0 Å². The Morgan fingerprint density at radius 3 is 2.88 bits per heavy atom. The molecule has 0 atom stereocenters. The predicted octanol–water partition coefficient (Wildman–Crippen LogP) is 2.74. The highest BCUT2D eigenvalue weighted by Crippen LogP contribution is 2.28. The Kier molecular flexibility index (Phi) is 5.95. The molecule has 0 saturated carbocycles. The number of thioether (sulfide) groups is 1. The van der Waals surface area contributed by atoms with Crippen LogP contribution in [0.15, 0.2) is 34.9 Å². The van der Waals surface area contributed by atoms with E-state index in [1.165, 1.54) is 0 Å². The summed E-state index contributed by atoms with van der Waals surface area (Å²) in [6.45, 7) is 0.416. The molecule has 3 rings (SSSR count). The van der Waals surface area contributed by atoms with E-state index in [0.29, 0.717) is 23.1 Å². The van der Waals surface area contributed by atoms with E-state index in [1.54, 1.807) is 12.3 Å². The minimum atomic E-state index is -0.267. The second-order valence-electron chi connectivity index (χ2n) is 5.55. The number of benzene rings is 1. The molecule has 3 amide bonds. The maximum Gasteiger partial charge on any atom is 0.288 e. The maximum atomic E-state index is 11.9. The molecule has 9 heteroatoms. The van der Waals surface area contributed by atoms with E-state index in [1.807, 2.05) is 18.2 Å². The molecule has 7 nitrogen and oxygen atoms in total. The number of hydrogen-bond donors (Lipinski definition) is 1. The normalized spacial score (nSPS) is 14.1. The van der Waals surface area contributed by atoms with Gasteiger partial charge < -0.3 is 9.73 Å². The Hall–Kier alpha value is -2.32. The third-order valence-electron chi connectivity index (χ3n) is 3.76. The second-order valence-corrected chi connectivity index (χ2v) is 6.88. The molecular formula is C17H16ClN3O4S. The van der Waals surface area contributed by atoms with Crippen LogP contribution in [0.5, 0.6) is 0 Å². The van der Waals surface area contributed by atoms with Gasteiger partial charge in [-0.25, -0.2) is 4.98 Å². The van der Waals surface area contributed by atoms with Gasteiger partial charge in [-0.15, -0.1) is 0 Å². The molecule has 1 N–H and O–H groups in total. The van der Waals surface area contributed by atoms with Gasteiger partial charge in [0.25, 0.3) is 5.24 Å². The van der Waals surface area contributed by atoms with Crippen LogP contribution >= 0.6 is 23.4 Å². The zero-order valence-corrected chi connectivity index (χ0v) is 15.3. The first kappa shape index (κ1) is 18.5. The molecule has 1 aromatic carbocycles. The highest BCUT2D eigenvalue weighted by molar-refractivity contribution is 8.14. The lowest BCUT2D eigenvalue weighted by Crippen LogP contribution is -2.37. The molecule has 136 valence electrons. The smallest absolute Gasteiger partial charge is 0.288 e. The van der Waals surface area contributed by atoms with Crippen molar-refractivity contribution in [2.75, 3.05) is 18.8 Å². The van der Waals surface area contributed by atoms with Crippen LogP contribution in [0.1, 0.15) is 12.3 Å². The van der Waals surface area contributed by atoms with Gasteiger partial charge in [-0.2, -0.15) is 0 Å². The van der Waals surface area contributed by atoms with Gasteiger partial charge in [0.1, 0.15) is 0 Å². The zero-order valence-electron chi connectivity index (χ0n) is 13.7. The highest BCUT2D eigenvalue weighted by Gasteiger charge is 2.29. The minimum Gasteiger partial charge on any atom is -0.441 e. The van der Waals surface area contributed by atoms with Crippen molar-refractivity contribution < 1.29 is 18.8 Å². The van der Waals surface area contributed by atoms with Gasteiger partial charge in [-0.1, -0.05) is 35.5 Å². The Morgan fingerprint density at radius 2 is 2.15 bits per heavy atom. The lowest BCUT2D eigenvalue weighted by Gasteiger charge is -2.12. The van der Waals surface area contributed by atoms with Crippen molar-refractivity contribution in [2.24, 2.45) is 0 Å². The Balaban J connectivity index is 1.44. The first-order valence-corrected chi connectivity index (χ1v) is 9.34. The molecule has 0 unspecified atom stereocenters. The number of aromatic nitrogens is 1. The summed E-state index contributed by atoms with van der Waals surface area (Å²) in [5.41, 5.74) is 0.746. The van der Waals surface area contributed by atoms with E-state index in [0.717, 1.165) is 22.2 Å². The summed E-state index contributed by atoms with van der Waals surface area (Å²) >= 11 is 7.10. The van der Waals surface area contributed by atoms with Crippen molar-refractivity contribution in [1.82, 2.24) is 15.2 Å². The van der Waals surface area contributed by atoms with Gasteiger partial charge in [0.05, 0.1) is 17.0 Å². The lowest BCUT2D eigenvalue weighted by atomic mass is 10.2. The van der Waals surface area contributed by atoms with Crippen molar-refractivity contribution in [2.45, 2.75) is 12.8 Å². The van der Waals surface area contributed by atoms with Crippen LogP contribution in [0.25, 0.3) is 11.3 Å². The van der Waals surface area contributed by atoms with Crippen LogP contribution in [0.4, 0.5) is 4.79 Å². The van der Waals surface area contributed by atoms with Gasteiger partial charge in [-0.05, 0) is 12.1 Å². The topological polar surface area (TPSA) is 92.5 Å². The third-order valence-corrected chi connectivity index (χ3v) is 4.95. The number of imide groups is 1. The molecule has 2 aromatic rings. The number of carbonyl (C=O) groups excluding carboxylic acids is 3. The monoisotopic (exact) mass is 393 g/mol. The van der Waals surface area contributed by atoms with Gasteiger partial charge in [-0.3, -0.25) is 19.3 Å². The Labute approximate surface area is 159 Å². The fourth-order valence-electron chi connectivity index (χ4n) is 2.42. The van der Waals surface area contributed by atoms with Crippen molar-refractivity contribution >= 4 is 40.4 Å². The molecule has 1 aromatic heterocycles. The molecule has 1 fully saturated rings. The first-order valence-electron chi connectivity index (χ1n) is 7.98. The molecule has 0 spiro atoms. The number of hydrogen-bond acceptors (Lipinski definition) is 6. The number of rotatable bonds is 7. The zero-order chi connectivity index (χ0) is 18.5. The van der Waals surface area contributed by atoms with E-state index in [-0.39, 0.29) is 42.3 Å². The fourth-order valence-corrected chi connectivity index (χ4v) is 3.41. The average molecular weight is 394 g/mol. The van der Waals surface area contributed by atoms with Crippen LogP contribution in [0.2, 0.25) is 5.02 Å². The Morgan fingerprint density at radius 1 is 1.35 bits per heavy atom. The van der Waals surface area contributed by atoms with E-state index in [2.05, 4.69) is 10.3 Å². The highest BCUT2D eigenvalue weighted by atomic mass is 35.5. The number of amides is 3. The maximum absolute atomic E-state index is 11.9. The molecule has 1 saturated heterocycles. The van der Waals surface area contributed by atoms with E-state index >= 15 is 0 Å². The number of aryl methyl sites for hydroxylation is 1. The van der Waals surface area contributed by atoms with Crippen LogP contribution < -0.4 is 5.32 Å². The molecule has 26 heavy (non-hydrogen) atoms. The summed E-state index contributed by atoms with van der Waals surface area (Å²) in [6, 6.07) is 7.28. The average Bonchev–Trinajstić information content (AvgIpc) is 3.22. The molecule has 2 heterocycles. The van der Waals surface area contributed by atoms with Gasteiger partial charge in [0.2, 0.25) is 11.8 Å². The molecule has 0 bridgehead atoms. The molecule has 1 aliphatic heterocycles. The second kappa shape index (κ2) is 8.37. The van der Waals surface area contributed by atoms with Crippen molar-refractivity contribution in [3.05, 3.63) is 41.4 Å². The summed E-state index contributed by atoms with van der Waals surface area (Å²) in [4.78, 5) is 40.1. The van der Waals surface area contributed by atoms with Gasteiger partial charge in [0.15, 0.2) is 11.7 Å². The van der Waals surface area contributed by atoms with E-state index < -0.39 is 0 Å². The van der Waals surface area contributed by atoms with Crippen molar-refractivity contribution in [3.63, 3.8) is 0 Å². The number of halogens is 1. The first-order chi connectivity index (χ1) is 12.5. The lowest BCUT2D eigenvalue weighted by molar-refractivity contribution is -0.125. The summed E-state index contributed by atoms with van der Waals surface area (Å²) in [5, 5.41) is 2.98. The summed E-state index contributed by atoms with van der Waals surface area (Å²) in [7, 11) is 0. The fraction of sp³-hybridized carbons (Fsp3) is 0.294. The van der Waals surface area contributed by atoms with E-state index in [9.17, 15) is 14.4 Å². The SMILES string of the molecule is O=C(CCc1ncc(-c2ccccc2Cl)o1)NCCN1C(=O)CSC1=O. The molecule has 0 radical (unpaired) electrons. The predicted molar refractivity (Wildman–Crippen MR) is 97.8 cm³/mol. The number of carbonyl (C=O) groups is 3. The van der Waals surface area contributed by atoms with E-state index in [4.69, 9.17) is 16.0 Å². The molecule has 1 aliphatic rings. The Bertz CT molecular complexity index is 823. The van der Waals surface area contributed by atoms with Crippen molar-refractivity contribution in [3.8, 4) is 11.3 Å². The standard InChI is InChI=1S/C17H16ClN3O4S/c18-12-4-2-1-3-11(12)13-9-20-15(25-13)6-5-14(22)19-7-8-21-16(23)10-26-17(21)24/h1-4,9H,5-8,10H2,(H,19,22). The number of oxazole rings is 1.